The molecule has 100 valence electrons. The average Bonchev–Trinajstić information content (AvgIpc) is 2.67. The topological polar surface area (TPSA) is 46.3 Å². The lowest BCUT2D eigenvalue weighted by Crippen LogP contribution is -2.51. The first-order valence-corrected chi connectivity index (χ1v) is 7.94. The van der Waals surface area contributed by atoms with Gasteiger partial charge in [-0.1, -0.05) is 0 Å². The summed E-state index contributed by atoms with van der Waals surface area (Å²) in [5.41, 5.74) is 6.80. The molecule has 0 bridgehead atoms. The van der Waals surface area contributed by atoms with Crippen molar-refractivity contribution in [1.29, 1.82) is 0 Å². The van der Waals surface area contributed by atoms with Crippen LogP contribution in [0.4, 0.5) is 0 Å². The van der Waals surface area contributed by atoms with Gasteiger partial charge in [-0.2, -0.15) is 0 Å². The van der Waals surface area contributed by atoms with Crippen LogP contribution in [0.15, 0.2) is 9.85 Å². The molecule has 2 rings (SSSR count). The molecular formula is C13H19BrN2OS. The van der Waals surface area contributed by atoms with Crippen LogP contribution < -0.4 is 5.73 Å². The van der Waals surface area contributed by atoms with Crippen molar-refractivity contribution in [2.75, 3.05) is 6.54 Å². The van der Waals surface area contributed by atoms with Gasteiger partial charge in [0.1, 0.15) is 0 Å². The maximum atomic E-state index is 12.6. The van der Waals surface area contributed by atoms with Gasteiger partial charge in [-0.05, 0) is 55.1 Å². The van der Waals surface area contributed by atoms with Gasteiger partial charge in [-0.15, -0.1) is 11.3 Å². The van der Waals surface area contributed by atoms with Gasteiger partial charge in [-0.3, -0.25) is 4.79 Å². The molecule has 2 heterocycles. The van der Waals surface area contributed by atoms with Crippen molar-refractivity contribution < 1.29 is 4.79 Å². The Morgan fingerprint density at radius 3 is 2.89 bits per heavy atom. The second-order valence-electron chi connectivity index (χ2n) is 4.97. The molecule has 2 N–H and O–H groups in total. The molecule has 5 heteroatoms. The maximum absolute atomic E-state index is 12.6. The number of likely N-dealkylation sites (tertiary alicyclic amines) is 1. The van der Waals surface area contributed by atoms with Crippen LogP contribution in [0.1, 0.15) is 41.4 Å². The second kappa shape index (κ2) is 5.72. The summed E-state index contributed by atoms with van der Waals surface area (Å²) in [6.07, 6.45) is 3.26. The third kappa shape index (κ3) is 2.78. The minimum absolute atomic E-state index is 0.0350. The van der Waals surface area contributed by atoms with E-state index in [-0.39, 0.29) is 18.0 Å². The Hall–Kier alpha value is -0.390. The number of hydrogen-bond donors (Lipinski definition) is 1. The van der Waals surface area contributed by atoms with Crippen LogP contribution in [0.3, 0.4) is 0 Å². The summed E-state index contributed by atoms with van der Waals surface area (Å²) < 4.78 is 0.930. The molecule has 0 radical (unpaired) electrons. The number of rotatable bonds is 2. The summed E-state index contributed by atoms with van der Waals surface area (Å²) in [4.78, 5) is 15.7. The standard InChI is InChI=1S/C13H19BrN2OS/c1-8-7-10(12(14)18-8)13(17)16-6-4-3-5-11(16)9(2)15/h7,9,11H,3-6,15H2,1-2H3/t9-,11+/m0/s1. The van der Waals surface area contributed by atoms with Crippen molar-refractivity contribution in [1.82, 2.24) is 4.90 Å². The van der Waals surface area contributed by atoms with Crippen LogP contribution in [0, 0.1) is 6.92 Å². The molecule has 0 unspecified atom stereocenters. The Bertz CT molecular complexity index is 444. The summed E-state index contributed by atoms with van der Waals surface area (Å²) in [6, 6.07) is 2.18. The fraction of sp³-hybridized carbons (Fsp3) is 0.615. The number of thiophene rings is 1. The number of aryl methyl sites for hydroxylation is 1. The molecule has 2 atom stereocenters. The maximum Gasteiger partial charge on any atom is 0.256 e. The van der Waals surface area contributed by atoms with Crippen molar-refractivity contribution in [2.45, 2.75) is 45.2 Å². The minimum atomic E-state index is 0.0350. The van der Waals surface area contributed by atoms with Crippen LogP contribution in [-0.4, -0.2) is 29.4 Å². The van der Waals surface area contributed by atoms with Crippen molar-refractivity contribution in [3.8, 4) is 0 Å². The molecular weight excluding hydrogens is 312 g/mol. The van der Waals surface area contributed by atoms with Crippen LogP contribution in [0.2, 0.25) is 0 Å². The first-order chi connectivity index (χ1) is 8.50. The molecule has 1 fully saturated rings. The second-order valence-corrected chi connectivity index (χ2v) is 7.54. The number of nitrogens with two attached hydrogens (primary N) is 1. The number of hydrogen-bond acceptors (Lipinski definition) is 3. The van der Waals surface area contributed by atoms with Gasteiger partial charge < -0.3 is 10.6 Å². The lowest BCUT2D eigenvalue weighted by molar-refractivity contribution is 0.0583. The van der Waals surface area contributed by atoms with E-state index in [0.717, 1.165) is 33.6 Å². The summed E-state index contributed by atoms with van der Waals surface area (Å²) in [7, 11) is 0. The van der Waals surface area contributed by atoms with Crippen LogP contribution >= 0.6 is 27.3 Å². The lowest BCUT2D eigenvalue weighted by Gasteiger charge is -2.38. The third-order valence-corrected chi connectivity index (χ3v) is 5.21. The van der Waals surface area contributed by atoms with E-state index in [2.05, 4.69) is 15.9 Å². The van der Waals surface area contributed by atoms with Crippen molar-refractivity contribution in [2.24, 2.45) is 5.73 Å². The third-order valence-electron chi connectivity index (χ3n) is 3.46. The Balaban J connectivity index is 2.23. The number of piperidine rings is 1. The average molecular weight is 331 g/mol. The highest BCUT2D eigenvalue weighted by molar-refractivity contribution is 9.11. The summed E-state index contributed by atoms with van der Waals surface area (Å²) in [6.45, 7) is 4.84. The number of halogens is 1. The number of nitrogens with zero attached hydrogens (tertiary/aromatic N) is 1. The van der Waals surface area contributed by atoms with E-state index in [1.54, 1.807) is 11.3 Å². The molecule has 0 aliphatic carbocycles. The van der Waals surface area contributed by atoms with Gasteiger partial charge in [0.05, 0.1) is 9.35 Å². The van der Waals surface area contributed by atoms with Gasteiger partial charge in [0, 0.05) is 23.5 Å². The predicted octanol–water partition coefficient (Wildman–Crippen LogP) is 3.16. The van der Waals surface area contributed by atoms with Gasteiger partial charge in [0.25, 0.3) is 5.91 Å². The Kier molecular flexibility index (Phi) is 4.45. The van der Waals surface area contributed by atoms with Gasteiger partial charge in [0.2, 0.25) is 0 Å². The first kappa shape index (κ1) is 14.0. The molecule has 1 aromatic heterocycles. The zero-order chi connectivity index (χ0) is 13.3. The fourth-order valence-corrected chi connectivity index (χ4v) is 4.31. The van der Waals surface area contributed by atoms with Crippen molar-refractivity contribution >= 4 is 33.2 Å². The highest BCUT2D eigenvalue weighted by atomic mass is 79.9. The van der Waals surface area contributed by atoms with Crippen molar-refractivity contribution in [3.05, 3.63) is 20.3 Å². The molecule has 18 heavy (non-hydrogen) atoms. The molecule has 1 aliphatic rings. The van der Waals surface area contributed by atoms with Gasteiger partial charge >= 0.3 is 0 Å². The largest absolute Gasteiger partial charge is 0.334 e. The van der Waals surface area contributed by atoms with E-state index in [4.69, 9.17) is 5.73 Å². The number of amides is 1. The fourth-order valence-electron chi connectivity index (χ4n) is 2.54. The highest BCUT2D eigenvalue weighted by Crippen LogP contribution is 2.30. The number of carbonyl (C=O) groups is 1. The van der Waals surface area contributed by atoms with Crippen molar-refractivity contribution in [3.63, 3.8) is 0 Å². The highest BCUT2D eigenvalue weighted by Gasteiger charge is 2.31. The monoisotopic (exact) mass is 330 g/mol. The zero-order valence-corrected chi connectivity index (χ0v) is 13.2. The molecule has 1 saturated heterocycles. The molecule has 0 spiro atoms. The van der Waals surface area contributed by atoms with E-state index in [1.807, 2.05) is 24.8 Å². The molecule has 3 nitrogen and oxygen atoms in total. The van der Waals surface area contributed by atoms with E-state index in [0.29, 0.717) is 0 Å². The number of carbonyl (C=O) groups excluding carboxylic acids is 1. The Labute approximate surface area is 120 Å². The van der Waals surface area contributed by atoms with E-state index >= 15 is 0 Å². The van der Waals surface area contributed by atoms with Crippen LogP contribution in [0.5, 0.6) is 0 Å². The Morgan fingerprint density at radius 1 is 1.61 bits per heavy atom. The molecule has 1 amide bonds. The summed E-state index contributed by atoms with van der Waals surface area (Å²) in [5, 5.41) is 0. The van der Waals surface area contributed by atoms with Crippen LogP contribution in [-0.2, 0) is 0 Å². The Morgan fingerprint density at radius 2 is 2.33 bits per heavy atom. The van der Waals surface area contributed by atoms with E-state index in [1.165, 1.54) is 6.42 Å². The van der Waals surface area contributed by atoms with E-state index < -0.39 is 0 Å². The van der Waals surface area contributed by atoms with Gasteiger partial charge in [0.15, 0.2) is 0 Å². The van der Waals surface area contributed by atoms with Crippen LogP contribution in [0.25, 0.3) is 0 Å². The molecule has 0 saturated carbocycles. The predicted molar refractivity (Wildman–Crippen MR) is 79.1 cm³/mol. The molecule has 1 aromatic rings. The first-order valence-electron chi connectivity index (χ1n) is 6.33. The normalized spacial score (nSPS) is 22.0. The minimum Gasteiger partial charge on any atom is -0.334 e. The zero-order valence-electron chi connectivity index (χ0n) is 10.8. The summed E-state index contributed by atoms with van der Waals surface area (Å²) >= 11 is 5.09. The molecule has 0 aromatic carbocycles. The smallest absolute Gasteiger partial charge is 0.256 e. The SMILES string of the molecule is Cc1cc(C(=O)N2CCCC[C@@H]2[C@H](C)N)c(Br)s1. The van der Waals surface area contributed by atoms with E-state index in [9.17, 15) is 4.79 Å². The van der Waals surface area contributed by atoms with Gasteiger partial charge in [-0.25, -0.2) is 0 Å². The molecule has 1 aliphatic heterocycles. The quantitative estimate of drug-likeness (QED) is 0.905. The lowest BCUT2D eigenvalue weighted by atomic mass is 9.96. The summed E-state index contributed by atoms with van der Waals surface area (Å²) in [5.74, 6) is 0.119.